The molecule has 0 bridgehead atoms. The SMILES string of the molecule is CC#C/C(=C\C(=O)O)c1ccc(OCc2ccc3scc(-c4ncc(OCCOC)cc4C)c3c2)nc1. The van der Waals surface area contributed by atoms with Gasteiger partial charge in [0.05, 0.1) is 18.5 Å². The number of carboxylic acids is 1. The Kier molecular flexibility index (Phi) is 8.52. The molecular weight excluding hydrogens is 488 g/mol. The fourth-order valence-electron chi connectivity index (χ4n) is 3.73. The monoisotopic (exact) mass is 514 g/mol. The lowest BCUT2D eigenvalue weighted by Gasteiger charge is -2.10. The van der Waals surface area contributed by atoms with Crippen LogP contribution in [0.3, 0.4) is 0 Å². The summed E-state index contributed by atoms with van der Waals surface area (Å²) in [7, 11) is 1.64. The van der Waals surface area contributed by atoms with Crippen LogP contribution in [-0.4, -0.2) is 41.4 Å². The van der Waals surface area contributed by atoms with Crippen molar-refractivity contribution in [3.8, 4) is 34.7 Å². The Bertz CT molecular complexity index is 1500. The van der Waals surface area contributed by atoms with Crippen LogP contribution < -0.4 is 9.47 Å². The van der Waals surface area contributed by atoms with Gasteiger partial charge >= 0.3 is 5.97 Å². The number of aryl methyl sites for hydroxylation is 1. The number of rotatable bonds is 10. The van der Waals surface area contributed by atoms with Crippen molar-refractivity contribution in [3.63, 3.8) is 0 Å². The zero-order chi connectivity index (χ0) is 26.2. The Morgan fingerprint density at radius 1 is 1.11 bits per heavy atom. The van der Waals surface area contributed by atoms with Gasteiger partial charge in [-0.2, -0.15) is 0 Å². The van der Waals surface area contributed by atoms with E-state index < -0.39 is 5.97 Å². The van der Waals surface area contributed by atoms with Crippen LogP contribution in [0.5, 0.6) is 11.6 Å². The Balaban J connectivity index is 1.50. The average molecular weight is 515 g/mol. The van der Waals surface area contributed by atoms with Crippen molar-refractivity contribution < 1.29 is 24.1 Å². The van der Waals surface area contributed by atoms with Crippen LogP contribution in [0.25, 0.3) is 26.9 Å². The number of aliphatic carboxylic acids is 1. The average Bonchev–Trinajstić information content (AvgIpc) is 3.30. The first-order chi connectivity index (χ1) is 18.0. The third-order valence-electron chi connectivity index (χ3n) is 5.46. The lowest BCUT2D eigenvalue weighted by Crippen LogP contribution is -2.04. The van der Waals surface area contributed by atoms with E-state index in [4.69, 9.17) is 19.3 Å². The van der Waals surface area contributed by atoms with Crippen LogP contribution in [0, 0.1) is 18.8 Å². The van der Waals surface area contributed by atoms with Gasteiger partial charge in [0.1, 0.15) is 19.0 Å². The van der Waals surface area contributed by atoms with Gasteiger partial charge in [-0.3, -0.25) is 4.98 Å². The Hall–Kier alpha value is -4.19. The van der Waals surface area contributed by atoms with Gasteiger partial charge in [0, 0.05) is 57.6 Å². The van der Waals surface area contributed by atoms with Crippen LogP contribution in [0.2, 0.25) is 0 Å². The highest BCUT2D eigenvalue weighted by Crippen LogP contribution is 2.36. The van der Waals surface area contributed by atoms with Crippen molar-refractivity contribution in [3.05, 3.63) is 76.9 Å². The number of hydrogen-bond acceptors (Lipinski definition) is 7. The molecule has 0 radical (unpaired) electrons. The number of carbonyl (C=O) groups is 1. The summed E-state index contributed by atoms with van der Waals surface area (Å²) in [5.41, 5.74) is 5.03. The molecule has 37 heavy (non-hydrogen) atoms. The third-order valence-corrected chi connectivity index (χ3v) is 6.43. The molecule has 3 aromatic heterocycles. The number of nitrogens with zero attached hydrogens (tertiary/aromatic N) is 2. The number of fused-ring (bicyclic) bond motifs is 1. The summed E-state index contributed by atoms with van der Waals surface area (Å²) >= 11 is 1.67. The second-order valence-corrected chi connectivity index (χ2v) is 9.01. The fourth-order valence-corrected chi connectivity index (χ4v) is 4.66. The van der Waals surface area contributed by atoms with Gasteiger partial charge in [-0.05, 0) is 49.2 Å². The van der Waals surface area contributed by atoms with E-state index in [1.54, 1.807) is 49.9 Å². The summed E-state index contributed by atoms with van der Waals surface area (Å²) in [4.78, 5) is 20.0. The van der Waals surface area contributed by atoms with Crippen molar-refractivity contribution in [2.24, 2.45) is 0 Å². The van der Waals surface area contributed by atoms with E-state index in [0.29, 0.717) is 36.8 Å². The van der Waals surface area contributed by atoms with Crippen molar-refractivity contribution in [1.29, 1.82) is 0 Å². The third kappa shape index (κ3) is 6.53. The number of methoxy groups -OCH3 is 1. The zero-order valence-corrected chi connectivity index (χ0v) is 21.6. The van der Waals surface area contributed by atoms with Gasteiger partial charge in [0.25, 0.3) is 0 Å². The van der Waals surface area contributed by atoms with Crippen LogP contribution in [-0.2, 0) is 16.1 Å². The minimum absolute atomic E-state index is 0.336. The molecule has 0 fully saturated rings. The van der Waals surface area contributed by atoms with Crippen molar-refractivity contribution in [1.82, 2.24) is 9.97 Å². The molecule has 0 saturated heterocycles. The maximum atomic E-state index is 11.1. The number of allylic oxidation sites excluding steroid dienone is 1. The van der Waals surface area contributed by atoms with Gasteiger partial charge in [-0.1, -0.05) is 12.0 Å². The first kappa shape index (κ1) is 25.9. The molecule has 3 heterocycles. The number of carboxylic acid groups (broad SMARTS) is 1. The molecule has 0 atom stereocenters. The highest BCUT2D eigenvalue weighted by atomic mass is 32.1. The maximum absolute atomic E-state index is 11.1. The molecule has 0 saturated carbocycles. The zero-order valence-electron chi connectivity index (χ0n) is 20.8. The van der Waals surface area contributed by atoms with Crippen LogP contribution >= 0.6 is 11.3 Å². The fraction of sp³-hybridized carbons (Fsp3) is 0.207. The number of ether oxygens (including phenoxy) is 3. The van der Waals surface area contributed by atoms with Gasteiger partial charge in [0.15, 0.2) is 0 Å². The molecule has 0 spiro atoms. The number of aromatic nitrogens is 2. The van der Waals surface area contributed by atoms with Crippen LogP contribution in [0.4, 0.5) is 0 Å². The molecule has 7 nitrogen and oxygen atoms in total. The lowest BCUT2D eigenvalue weighted by molar-refractivity contribution is -0.131. The summed E-state index contributed by atoms with van der Waals surface area (Å²) in [6.45, 7) is 5.02. The molecule has 4 aromatic rings. The molecule has 0 unspecified atom stereocenters. The van der Waals surface area contributed by atoms with Crippen molar-refractivity contribution >= 4 is 33.0 Å². The summed E-state index contributed by atoms with van der Waals surface area (Å²) in [5.74, 6) is 5.62. The lowest BCUT2D eigenvalue weighted by atomic mass is 10.0. The summed E-state index contributed by atoms with van der Waals surface area (Å²) in [6, 6.07) is 11.7. The van der Waals surface area contributed by atoms with E-state index in [1.807, 2.05) is 19.1 Å². The van der Waals surface area contributed by atoms with E-state index in [1.165, 1.54) is 0 Å². The van der Waals surface area contributed by atoms with Crippen molar-refractivity contribution in [2.75, 3.05) is 20.3 Å². The van der Waals surface area contributed by atoms with E-state index in [2.05, 4.69) is 39.3 Å². The van der Waals surface area contributed by atoms with E-state index >= 15 is 0 Å². The number of benzene rings is 1. The van der Waals surface area contributed by atoms with Gasteiger partial charge in [-0.25, -0.2) is 9.78 Å². The molecule has 0 aliphatic carbocycles. The summed E-state index contributed by atoms with van der Waals surface area (Å²) < 4.78 is 17.8. The normalized spacial score (nSPS) is 11.2. The number of thiophene rings is 1. The number of hydrogen-bond donors (Lipinski definition) is 1. The summed E-state index contributed by atoms with van der Waals surface area (Å²) in [5, 5.41) is 12.3. The molecular formula is C29H26N2O5S. The Morgan fingerprint density at radius 3 is 2.68 bits per heavy atom. The van der Waals surface area contributed by atoms with Crippen molar-refractivity contribution in [2.45, 2.75) is 20.5 Å². The second-order valence-electron chi connectivity index (χ2n) is 8.10. The highest BCUT2D eigenvalue weighted by molar-refractivity contribution is 7.17. The molecule has 4 rings (SSSR count). The smallest absolute Gasteiger partial charge is 0.329 e. The van der Waals surface area contributed by atoms with E-state index in [9.17, 15) is 4.79 Å². The van der Waals surface area contributed by atoms with Gasteiger partial charge in [0.2, 0.25) is 5.88 Å². The summed E-state index contributed by atoms with van der Waals surface area (Å²) in [6.07, 6.45) is 4.37. The topological polar surface area (TPSA) is 90.8 Å². The minimum Gasteiger partial charge on any atom is -0.490 e. The predicted octanol–water partition coefficient (Wildman–Crippen LogP) is 5.76. The number of pyridine rings is 2. The molecule has 0 aliphatic heterocycles. The molecule has 188 valence electrons. The highest BCUT2D eigenvalue weighted by Gasteiger charge is 2.13. The first-order valence-electron chi connectivity index (χ1n) is 11.5. The minimum atomic E-state index is -1.06. The standard InChI is InChI=1S/C29H26N2O5S/c1-4-5-21(14-28(32)33)22-7-9-27(30-15-22)36-17-20-6-8-26-24(13-20)25(18-37-26)29-19(2)12-23(16-31-29)35-11-10-34-3/h6-9,12-16,18H,10-11,17H2,1-3H3,(H,32,33)/b21-14+. The molecule has 0 amide bonds. The molecule has 1 N–H and O–H groups in total. The quantitative estimate of drug-likeness (QED) is 0.163. The predicted molar refractivity (Wildman–Crippen MR) is 145 cm³/mol. The largest absolute Gasteiger partial charge is 0.490 e. The van der Waals surface area contributed by atoms with E-state index in [-0.39, 0.29) is 0 Å². The Morgan fingerprint density at radius 2 is 1.97 bits per heavy atom. The first-order valence-corrected chi connectivity index (χ1v) is 12.4. The van der Waals surface area contributed by atoms with Gasteiger partial charge < -0.3 is 19.3 Å². The second kappa shape index (κ2) is 12.2. The van der Waals surface area contributed by atoms with Crippen LogP contribution in [0.1, 0.15) is 23.6 Å². The maximum Gasteiger partial charge on any atom is 0.329 e. The van der Waals surface area contributed by atoms with E-state index in [0.717, 1.165) is 44.3 Å². The Labute approximate surface area is 219 Å². The van der Waals surface area contributed by atoms with Gasteiger partial charge in [-0.15, -0.1) is 17.3 Å². The van der Waals surface area contributed by atoms with Crippen LogP contribution in [0.15, 0.2) is 60.2 Å². The molecule has 8 heteroatoms. The molecule has 1 aromatic carbocycles. The molecule has 0 aliphatic rings.